The van der Waals surface area contributed by atoms with Gasteiger partial charge in [-0.05, 0) is 24.3 Å². The van der Waals surface area contributed by atoms with Crippen molar-refractivity contribution in [1.82, 2.24) is 9.38 Å². The highest BCUT2D eigenvalue weighted by molar-refractivity contribution is 6.30. The molecule has 0 saturated carbocycles. The predicted molar refractivity (Wildman–Crippen MR) is 73.6 cm³/mol. The van der Waals surface area contributed by atoms with E-state index in [0.717, 1.165) is 0 Å². The van der Waals surface area contributed by atoms with Crippen molar-refractivity contribution in [2.75, 3.05) is 0 Å². The highest BCUT2D eigenvalue weighted by atomic mass is 35.5. The zero-order chi connectivity index (χ0) is 15.0. The number of carbonyl (C=O) groups is 1. The molecule has 0 aliphatic heterocycles. The number of aromatic carboxylic acids is 1. The second-order valence-corrected chi connectivity index (χ2v) is 4.56. The van der Waals surface area contributed by atoms with Crippen LogP contribution in [0.1, 0.15) is 10.5 Å². The molecule has 0 spiro atoms. The van der Waals surface area contributed by atoms with Gasteiger partial charge in [-0.25, -0.2) is 9.18 Å². The quantitative estimate of drug-likeness (QED) is 0.802. The number of aromatic nitrogens is 2. The highest BCUT2D eigenvalue weighted by Crippen LogP contribution is 2.30. The molecule has 2 aromatic heterocycles. The van der Waals surface area contributed by atoms with Crippen molar-refractivity contribution in [2.24, 2.45) is 0 Å². The summed E-state index contributed by atoms with van der Waals surface area (Å²) in [5, 5.41) is 9.18. The Hall–Kier alpha value is -2.60. The van der Waals surface area contributed by atoms with Crippen LogP contribution < -0.4 is 4.74 Å². The highest BCUT2D eigenvalue weighted by Gasteiger charge is 2.21. The zero-order valence-electron chi connectivity index (χ0n) is 10.5. The molecule has 21 heavy (non-hydrogen) atoms. The van der Waals surface area contributed by atoms with E-state index in [9.17, 15) is 14.3 Å². The molecule has 106 valence electrons. The standard InChI is InChI=1S/C14H8ClFN2O3/c15-8-4-3-5-9(11(8)16)21-13-12(14(19)20)18-7-2-1-6-10(18)17-13/h1-7H,(H,19,20). The van der Waals surface area contributed by atoms with Crippen LogP contribution in [0.3, 0.4) is 0 Å². The summed E-state index contributed by atoms with van der Waals surface area (Å²) in [5.41, 5.74) is 0.192. The fourth-order valence-corrected chi connectivity index (χ4v) is 2.07. The number of rotatable bonds is 3. The Kier molecular flexibility index (Phi) is 3.23. The van der Waals surface area contributed by atoms with Crippen molar-refractivity contribution >= 4 is 23.2 Å². The van der Waals surface area contributed by atoms with E-state index >= 15 is 0 Å². The van der Waals surface area contributed by atoms with Crippen LogP contribution in [-0.2, 0) is 0 Å². The molecule has 2 heterocycles. The number of fused-ring (bicyclic) bond motifs is 1. The molecule has 0 unspecified atom stereocenters. The van der Waals surface area contributed by atoms with Gasteiger partial charge < -0.3 is 9.84 Å². The van der Waals surface area contributed by atoms with E-state index in [1.165, 1.54) is 28.8 Å². The van der Waals surface area contributed by atoms with Crippen LogP contribution in [0.15, 0.2) is 42.6 Å². The van der Waals surface area contributed by atoms with Crippen LogP contribution in [0.5, 0.6) is 11.6 Å². The first-order valence-corrected chi connectivity index (χ1v) is 6.28. The summed E-state index contributed by atoms with van der Waals surface area (Å²) in [6, 6.07) is 9.19. The topological polar surface area (TPSA) is 63.8 Å². The smallest absolute Gasteiger partial charge is 0.358 e. The molecule has 0 aliphatic rings. The molecule has 1 N–H and O–H groups in total. The Morgan fingerprint density at radius 1 is 1.29 bits per heavy atom. The van der Waals surface area contributed by atoms with Crippen molar-refractivity contribution < 1.29 is 19.0 Å². The Bertz CT molecular complexity index is 847. The first-order chi connectivity index (χ1) is 10.1. The molecule has 0 saturated heterocycles. The van der Waals surface area contributed by atoms with E-state index in [4.69, 9.17) is 16.3 Å². The van der Waals surface area contributed by atoms with Crippen molar-refractivity contribution in [3.63, 3.8) is 0 Å². The molecule has 0 fully saturated rings. The minimum Gasteiger partial charge on any atom is -0.476 e. The molecule has 3 rings (SSSR count). The number of nitrogens with zero attached hydrogens (tertiary/aromatic N) is 2. The number of hydrogen-bond acceptors (Lipinski definition) is 3. The molecular formula is C14H8ClFN2O3. The molecule has 0 radical (unpaired) electrons. The summed E-state index contributed by atoms with van der Waals surface area (Å²) in [6.07, 6.45) is 1.53. The number of pyridine rings is 1. The Balaban J connectivity index is 2.14. The van der Waals surface area contributed by atoms with E-state index in [1.807, 2.05) is 0 Å². The lowest BCUT2D eigenvalue weighted by Crippen LogP contribution is -2.03. The molecule has 3 aromatic rings. The van der Waals surface area contributed by atoms with Gasteiger partial charge in [-0.3, -0.25) is 4.40 Å². The average Bonchev–Trinajstić information content (AvgIpc) is 2.82. The number of benzene rings is 1. The Morgan fingerprint density at radius 3 is 2.86 bits per heavy atom. The zero-order valence-corrected chi connectivity index (χ0v) is 11.2. The van der Waals surface area contributed by atoms with Gasteiger partial charge in [0.15, 0.2) is 17.3 Å². The summed E-state index contributed by atoms with van der Waals surface area (Å²) < 4.78 is 20.5. The number of hydrogen-bond donors (Lipinski definition) is 1. The number of halogens is 2. The van der Waals surface area contributed by atoms with Gasteiger partial charge >= 0.3 is 5.97 Å². The van der Waals surface area contributed by atoms with E-state index in [-0.39, 0.29) is 22.3 Å². The van der Waals surface area contributed by atoms with Crippen LogP contribution in [0.25, 0.3) is 5.65 Å². The monoisotopic (exact) mass is 306 g/mol. The van der Waals surface area contributed by atoms with Crippen molar-refractivity contribution in [1.29, 1.82) is 0 Å². The van der Waals surface area contributed by atoms with Gasteiger partial charge in [0, 0.05) is 6.20 Å². The van der Waals surface area contributed by atoms with Gasteiger partial charge in [0.1, 0.15) is 5.65 Å². The first kappa shape index (κ1) is 13.4. The summed E-state index contributed by atoms with van der Waals surface area (Å²) in [5.74, 6) is -2.39. The molecule has 0 aliphatic carbocycles. The maximum atomic E-state index is 13.8. The SMILES string of the molecule is O=C(O)c1c(Oc2cccc(Cl)c2F)nc2ccccn12. The largest absolute Gasteiger partial charge is 0.476 e. The minimum absolute atomic E-state index is 0.117. The lowest BCUT2D eigenvalue weighted by molar-refractivity contribution is 0.0686. The number of imidazole rings is 1. The normalized spacial score (nSPS) is 10.8. The molecule has 5 nitrogen and oxygen atoms in total. The van der Waals surface area contributed by atoms with E-state index in [0.29, 0.717) is 5.65 Å². The van der Waals surface area contributed by atoms with Crippen LogP contribution in [0.4, 0.5) is 4.39 Å². The maximum Gasteiger partial charge on any atom is 0.358 e. The third kappa shape index (κ3) is 2.30. The van der Waals surface area contributed by atoms with Gasteiger partial charge in [0.2, 0.25) is 0 Å². The van der Waals surface area contributed by atoms with Crippen LogP contribution >= 0.6 is 11.6 Å². The molecule has 0 amide bonds. The summed E-state index contributed by atoms with van der Waals surface area (Å²) >= 11 is 5.66. The summed E-state index contributed by atoms with van der Waals surface area (Å²) in [4.78, 5) is 15.4. The van der Waals surface area contributed by atoms with Gasteiger partial charge in [-0.15, -0.1) is 0 Å². The van der Waals surface area contributed by atoms with E-state index in [1.54, 1.807) is 18.2 Å². The number of carboxylic acids is 1. The maximum absolute atomic E-state index is 13.8. The summed E-state index contributed by atoms with van der Waals surface area (Å²) in [6.45, 7) is 0. The van der Waals surface area contributed by atoms with Crippen LogP contribution in [0, 0.1) is 5.82 Å². The molecule has 1 aromatic carbocycles. The van der Waals surface area contributed by atoms with E-state index < -0.39 is 11.8 Å². The fraction of sp³-hybridized carbons (Fsp3) is 0. The molecule has 0 bridgehead atoms. The lowest BCUT2D eigenvalue weighted by Gasteiger charge is -2.05. The van der Waals surface area contributed by atoms with Crippen molar-refractivity contribution in [2.45, 2.75) is 0 Å². The third-order valence-electron chi connectivity index (χ3n) is 2.82. The second kappa shape index (κ2) is 5.06. The van der Waals surface area contributed by atoms with Gasteiger partial charge in [-0.2, -0.15) is 4.98 Å². The summed E-state index contributed by atoms with van der Waals surface area (Å²) in [7, 11) is 0. The minimum atomic E-state index is -1.23. The average molecular weight is 307 g/mol. The van der Waals surface area contributed by atoms with Crippen molar-refractivity contribution in [3.05, 3.63) is 59.1 Å². The van der Waals surface area contributed by atoms with Gasteiger partial charge in [-0.1, -0.05) is 23.7 Å². The van der Waals surface area contributed by atoms with Crippen LogP contribution in [-0.4, -0.2) is 20.5 Å². The lowest BCUT2D eigenvalue weighted by atomic mass is 10.3. The second-order valence-electron chi connectivity index (χ2n) is 4.15. The fourth-order valence-electron chi connectivity index (χ4n) is 1.91. The van der Waals surface area contributed by atoms with Gasteiger partial charge in [0.25, 0.3) is 5.88 Å². The predicted octanol–water partition coefficient (Wildman–Crippen LogP) is 3.62. The molecular weight excluding hydrogens is 299 g/mol. The Labute approximate surface area is 123 Å². The Morgan fingerprint density at radius 2 is 2.10 bits per heavy atom. The first-order valence-electron chi connectivity index (χ1n) is 5.90. The van der Waals surface area contributed by atoms with Crippen molar-refractivity contribution in [3.8, 4) is 11.6 Å². The van der Waals surface area contributed by atoms with Gasteiger partial charge in [0.05, 0.1) is 5.02 Å². The molecule has 7 heteroatoms. The van der Waals surface area contributed by atoms with Crippen LogP contribution in [0.2, 0.25) is 5.02 Å². The third-order valence-corrected chi connectivity index (χ3v) is 3.12. The van der Waals surface area contributed by atoms with E-state index in [2.05, 4.69) is 4.98 Å². The number of ether oxygens (including phenoxy) is 1. The molecule has 0 atom stereocenters. The number of carboxylic acid groups (broad SMARTS) is 1.